The molecule has 0 spiro atoms. The van der Waals surface area contributed by atoms with Crippen LogP contribution in [-0.2, 0) is 0 Å². The van der Waals surface area contributed by atoms with Gasteiger partial charge in [-0.25, -0.2) is 4.98 Å². The monoisotopic (exact) mass is 203 g/mol. The van der Waals surface area contributed by atoms with Crippen LogP contribution < -0.4 is 5.32 Å². The van der Waals surface area contributed by atoms with Gasteiger partial charge in [-0.05, 0) is 32.4 Å². The Hall–Kier alpha value is -1.56. The lowest BCUT2D eigenvalue weighted by Crippen LogP contribution is -2.15. The zero-order valence-corrected chi connectivity index (χ0v) is 9.54. The molecular weight excluding hydrogens is 186 g/mol. The van der Waals surface area contributed by atoms with E-state index in [2.05, 4.69) is 30.2 Å². The van der Waals surface area contributed by atoms with Crippen LogP contribution in [0.3, 0.4) is 0 Å². The fraction of sp³-hybridized carbons (Fsp3) is 0.500. The predicted octanol–water partition coefficient (Wildman–Crippen LogP) is 2.86. The van der Waals surface area contributed by atoms with E-state index in [-0.39, 0.29) is 0 Å². The number of anilines is 1. The summed E-state index contributed by atoms with van der Waals surface area (Å²) < 4.78 is 0. The molecule has 1 rings (SSSR count). The summed E-state index contributed by atoms with van der Waals surface area (Å²) in [6.45, 7) is 6.18. The molecular formula is C12H17N3. The lowest BCUT2D eigenvalue weighted by atomic mass is 10.2. The van der Waals surface area contributed by atoms with E-state index >= 15 is 0 Å². The van der Waals surface area contributed by atoms with Gasteiger partial charge in [-0.1, -0.05) is 13.3 Å². The highest BCUT2D eigenvalue weighted by Gasteiger charge is 2.03. The first-order valence-electron chi connectivity index (χ1n) is 5.31. The summed E-state index contributed by atoms with van der Waals surface area (Å²) >= 11 is 0. The van der Waals surface area contributed by atoms with E-state index in [0.29, 0.717) is 11.6 Å². The molecule has 0 aliphatic carbocycles. The van der Waals surface area contributed by atoms with Crippen LogP contribution in [0.25, 0.3) is 0 Å². The van der Waals surface area contributed by atoms with Gasteiger partial charge in [-0.15, -0.1) is 0 Å². The molecule has 0 fully saturated rings. The first-order chi connectivity index (χ1) is 7.15. The summed E-state index contributed by atoms with van der Waals surface area (Å²) in [5, 5.41) is 12.1. The Morgan fingerprint density at radius 3 is 2.87 bits per heavy atom. The highest BCUT2D eigenvalue weighted by Crippen LogP contribution is 2.11. The molecule has 80 valence electrons. The lowest BCUT2D eigenvalue weighted by molar-refractivity contribution is 0.687. The Kier molecular flexibility index (Phi) is 4.11. The van der Waals surface area contributed by atoms with Gasteiger partial charge >= 0.3 is 0 Å². The van der Waals surface area contributed by atoms with Gasteiger partial charge in [-0.2, -0.15) is 5.26 Å². The van der Waals surface area contributed by atoms with Gasteiger partial charge in [0.15, 0.2) is 0 Å². The maximum atomic E-state index is 8.82. The summed E-state index contributed by atoms with van der Waals surface area (Å²) in [5.41, 5.74) is 1.54. The third kappa shape index (κ3) is 3.59. The van der Waals surface area contributed by atoms with Crippen molar-refractivity contribution in [2.45, 2.75) is 39.7 Å². The second kappa shape index (κ2) is 5.35. The Morgan fingerprint density at radius 2 is 2.27 bits per heavy atom. The second-order valence-electron chi connectivity index (χ2n) is 3.83. The van der Waals surface area contributed by atoms with Gasteiger partial charge in [-0.3, -0.25) is 0 Å². The van der Waals surface area contributed by atoms with Crippen LogP contribution in [0.4, 0.5) is 5.82 Å². The van der Waals surface area contributed by atoms with Gasteiger partial charge in [0.2, 0.25) is 0 Å². The molecule has 0 bridgehead atoms. The van der Waals surface area contributed by atoms with Crippen molar-refractivity contribution in [3.63, 3.8) is 0 Å². The number of rotatable bonds is 4. The van der Waals surface area contributed by atoms with E-state index in [1.165, 1.54) is 0 Å². The van der Waals surface area contributed by atoms with Crippen molar-refractivity contribution < 1.29 is 0 Å². The average Bonchev–Trinajstić information content (AvgIpc) is 2.17. The van der Waals surface area contributed by atoms with Crippen molar-refractivity contribution in [3.8, 4) is 6.07 Å². The normalized spacial score (nSPS) is 11.9. The molecule has 0 aliphatic heterocycles. The Morgan fingerprint density at radius 1 is 1.53 bits per heavy atom. The zero-order valence-electron chi connectivity index (χ0n) is 9.54. The average molecular weight is 203 g/mol. The third-order valence-electron chi connectivity index (χ3n) is 2.20. The number of nitrogens with one attached hydrogen (secondary N) is 1. The molecule has 15 heavy (non-hydrogen) atoms. The van der Waals surface area contributed by atoms with E-state index < -0.39 is 0 Å². The van der Waals surface area contributed by atoms with Crippen LogP contribution in [0.1, 0.15) is 37.9 Å². The van der Waals surface area contributed by atoms with E-state index in [4.69, 9.17) is 5.26 Å². The molecule has 1 aromatic rings. The summed E-state index contributed by atoms with van der Waals surface area (Å²) in [4.78, 5) is 4.34. The topological polar surface area (TPSA) is 48.7 Å². The van der Waals surface area contributed by atoms with E-state index in [1.807, 2.05) is 6.92 Å². The molecule has 0 aromatic carbocycles. The van der Waals surface area contributed by atoms with Crippen molar-refractivity contribution in [2.24, 2.45) is 0 Å². The molecule has 0 aliphatic rings. The minimum atomic E-state index is 0.399. The van der Waals surface area contributed by atoms with E-state index in [1.54, 1.807) is 12.1 Å². The molecule has 0 radical (unpaired) electrons. The summed E-state index contributed by atoms with van der Waals surface area (Å²) in [6, 6.07) is 6.11. The number of hydrogen-bond donors (Lipinski definition) is 1. The molecule has 1 aromatic heterocycles. The van der Waals surface area contributed by atoms with Crippen LogP contribution in [0.2, 0.25) is 0 Å². The van der Waals surface area contributed by atoms with Crippen LogP contribution in [0.15, 0.2) is 12.1 Å². The van der Waals surface area contributed by atoms with Crippen molar-refractivity contribution in [1.82, 2.24) is 4.98 Å². The van der Waals surface area contributed by atoms with Crippen LogP contribution >= 0.6 is 0 Å². The van der Waals surface area contributed by atoms with Gasteiger partial charge < -0.3 is 5.32 Å². The number of aryl methyl sites for hydroxylation is 1. The summed E-state index contributed by atoms with van der Waals surface area (Å²) in [6.07, 6.45) is 2.25. The molecule has 1 atom stereocenters. The quantitative estimate of drug-likeness (QED) is 0.818. The van der Waals surface area contributed by atoms with Gasteiger partial charge in [0.1, 0.15) is 5.82 Å². The van der Waals surface area contributed by atoms with Crippen LogP contribution in [-0.4, -0.2) is 11.0 Å². The fourth-order valence-electron chi connectivity index (χ4n) is 1.56. The van der Waals surface area contributed by atoms with Gasteiger partial charge in [0.05, 0.1) is 11.6 Å². The second-order valence-corrected chi connectivity index (χ2v) is 3.83. The molecule has 1 unspecified atom stereocenters. The Bertz CT molecular complexity index is 366. The minimum absolute atomic E-state index is 0.399. The first kappa shape index (κ1) is 11.5. The maximum absolute atomic E-state index is 8.82. The van der Waals surface area contributed by atoms with Crippen molar-refractivity contribution >= 4 is 5.82 Å². The largest absolute Gasteiger partial charge is 0.368 e. The summed E-state index contributed by atoms with van der Waals surface area (Å²) in [5.74, 6) is 0.799. The predicted molar refractivity (Wildman–Crippen MR) is 61.7 cm³/mol. The third-order valence-corrected chi connectivity index (χ3v) is 2.20. The molecule has 0 saturated heterocycles. The SMILES string of the molecule is CCCC(C)Nc1cc(C#N)cc(C)n1. The first-order valence-corrected chi connectivity index (χ1v) is 5.31. The van der Waals surface area contributed by atoms with E-state index in [0.717, 1.165) is 24.4 Å². The zero-order chi connectivity index (χ0) is 11.3. The Labute approximate surface area is 91.1 Å². The molecule has 0 amide bonds. The fourth-order valence-corrected chi connectivity index (χ4v) is 1.56. The summed E-state index contributed by atoms with van der Waals surface area (Å²) in [7, 11) is 0. The minimum Gasteiger partial charge on any atom is -0.368 e. The van der Waals surface area contributed by atoms with Crippen LogP contribution in [0.5, 0.6) is 0 Å². The number of aromatic nitrogens is 1. The smallest absolute Gasteiger partial charge is 0.127 e. The van der Waals surface area contributed by atoms with Gasteiger partial charge in [0, 0.05) is 11.7 Å². The van der Waals surface area contributed by atoms with Crippen molar-refractivity contribution in [1.29, 1.82) is 5.26 Å². The molecule has 1 heterocycles. The van der Waals surface area contributed by atoms with Crippen molar-refractivity contribution in [2.75, 3.05) is 5.32 Å². The number of hydrogen-bond acceptors (Lipinski definition) is 3. The van der Waals surface area contributed by atoms with Gasteiger partial charge in [0.25, 0.3) is 0 Å². The lowest BCUT2D eigenvalue weighted by Gasteiger charge is -2.13. The number of nitriles is 1. The van der Waals surface area contributed by atoms with Crippen LogP contribution in [0, 0.1) is 18.3 Å². The highest BCUT2D eigenvalue weighted by molar-refractivity contribution is 5.44. The standard InChI is InChI=1S/C12H17N3/c1-4-5-9(2)14-12-7-11(8-13)6-10(3)15-12/h6-7,9H,4-5H2,1-3H3,(H,14,15). The number of pyridine rings is 1. The maximum Gasteiger partial charge on any atom is 0.127 e. The molecule has 3 heteroatoms. The molecule has 0 saturated carbocycles. The number of nitrogens with zero attached hydrogens (tertiary/aromatic N) is 2. The Balaban J connectivity index is 2.77. The van der Waals surface area contributed by atoms with Crippen molar-refractivity contribution in [3.05, 3.63) is 23.4 Å². The molecule has 3 nitrogen and oxygen atoms in total. The molecule has 1 N–H and O–H groups in total. The van der Waals surface area contributed by atoms with E-state index in [9.17, 15) is 0 Å². The highest BCUT2D eigenvalue weighted by atomic mass is 15.0.